The van der Waals surface area contributed by atoms with Crippen LogP contribution in [-0.4, -0.2) is 32.2 Å². The fourth-order valence-corrected chi connectivity index (χ4v) is 2.81. The highest BCUT2D eigenvalue weighted by molar-refractivity contribution is 5.42. The van der Waals surface area contributed by atoms with Crippen LogP contribution >= 0.6 is 0 Å². The van der Waals surface area contributed by atoms with Crippen molar-refractivity contribution in [3.8, 4) is 11.5 Å². The highest BCUT2D eigenvalue weighted by atomic mass is 16.5. The van der Waals surface area contributed by atoms with Gasteiger partial charge >= 0.3 is 0 Å². The molecule has 19 heavy (non-hydrogen) atoms. The third-order valence-corrected chi connectivity index (χ3v) is 3.63. The van der Waals surface area contributed by atoms with Gasteiger partial charge in [-0.25, -0.2) is 0 Å². The third-order valence-electron chi connectivity index (χ3n) is 3.63. The minimum absolute atomic E-state index is 0.404. The average Bonchev–Trinajstić information content (AvgIpc) is 2.85. The maximum Gasteiger partial charge on any atom is 0.123 e. The Morgan fingerprint density at radius 1 is 1.37 bits per heavy atom. The third kappa shape index (κ3) is 3.10. The molecule has 1 aliphatic heterocycles. The van der Waals surface area contributed by atoms with Crippen molar-refractivity contribution in [1.82, 2.24) is 4.90 Å². The number of hydrogen-bond donors (Lipinski definition) is 0. The molecule has 1 aromatic carbocycles. The first-order chi connectivity index (χ1) is 9.15. The maximum absolute atomic E-state index is 5.51. The van der Waals surface area contributed by atoms with Gasteiger partial charge < -0.3 is 9.47 Å². The van der Waals surface area contributed by atoms with Gasteiger partial charge in [-0.3, -0.25) is 4.90 Å². The summed E-state index contributed by atoms with van der Waals surface area (Å²) in [7, 11) is 3.43. The van der Waals surface area contributed by atoms with Crippen LogP contribution in [0.15, 0.2) is 30.4 Å². The van der Waals surface area contributed by atoms with E-state index >= 15 is 0 Å². The zero-order valence-corrected chi connectivity index (χ0v) is 12.1. The second-order valence-electron chi connectivity index (χ2n) is 5.19. The van der Waals surface area contributed by atoms with Gasteiger partial charge in [0.15, 0.2) is 0 Å². The molecule has 1 fully saturated rings. The molecule has 0 aromatic heterocycles. The zero-order chi connectivity index (χ0) is 13.8. The van der Waals surface area contributed by atoms with Crippen molar-refractivity contribution in [3.63, 3.8) is 0 Å². The Balaban J connectivity index is 2.30. The Morgan fingerprint density at radius 2 is 2.16 bits per heavy atom. The quantitative estimate of drug-likeness (QED) is 0.758. The topological polar surface area (TPSA) is 21.7 Å². The smallest absolute Gasteiger partial charge is 0.123 e. The van der Waals surface area contributed by atoms with E-state index in [1.54, 1.807) is 14.2 Å². The van der Waals surface area contributed by atoms with Gasteiger partial charge in [0.2, 0.25) is 0 Å². The molecule has 3 nitrogen and oxygen atoms in total. The first-order valence-electron chi connectivity index (χ1n) is 6.76. The van der Waals surface area contributed by atoms with Crippen LogP contribution in [0, 0.1) is 0 Å². The van der Waals surface area contributed by atoms with E-state index < -0.39 is 0 Å². The lowest BCUT2D eigenvalue weighted by Crippen LogP contribution is -2.25. The minimum atomic E-state index is 0.404. The molecule has 0 spiro atoms. The van der Waals surface area contributed by atoms with E-state index in [2.05, 4.69) is 24.5 Å². The molecule has 0 aliphatic carbocycles. The molecule has 1 heterocycles. The lowest BCUT2D eigenvalue weighted by atomic mass is 10.0. The number of likely N-dealkylation sites (tertiary alicyclic amines) is 1. The van der Waals surface area contributed by atoms with Crippen LogP contribution in [0.3, 0.4) is 0 Å². The molecule has 0 N–H and O–H groups in total. The summed E-state index contributed by atoms with van der Waals surface area (Å²) in [4.78, 5) is 2.47. The summed E-state index contributed by atoms with van der Waals surface area (Å²) in [5, 5.41) is 0. The molecule has 3 heteroatoms. The van der Waals surface area contributed by atoms with Crippen molar-refractivity contribution < 1.29 is 9.47 Å². The maximum atomic E-state index is 5.51. The molecule has 1 atom stereocenters. The molecule has 104 valence electrons. The average molecular weight is 261 g/mol. The van der Waals surface area contributed by atoms with Crippen molar-refractivity contribution in [2.75, 3.05) is 27.3 Å². The second-order valence-corrected chi connectivity index (χ2v) is 5.19. The van der Waals surface area contributed by atoms with Crippen molar-refractivity contribution in [2.24, 2.45) is 0 Å². The Hall–Kier alpha value is -1.48. The Morgan fingerprint density at radius 3 is 2.79 bits per heavy atom. The summed E-state index contributed by atoms with van der Waals surface area (Å²) >= 11 is 0. The number of ether oxygens (including phenoxy) is 2. The van der Waals surface area contributed by atoms with Gasteiger partial charge in [-0.2, -0.15) is 0 Å². The van der Waals surface area contributed by atoms with Gasteiger partial charge in [-0.05, 0) is 44.5 Å². The van der Waals surface area contributed by atoms with E-state index in [-0.39, 0.29) is 0 Å². The lowest BCUT2D eigenvalue weighted by molar-refractivity contribution is 0.271. The SMILES string of the molecule is C=C(C)CN1CCCC1c1cc(OC)ccc1OC. The van der Waals surface area contributed by atoms with E-state index in [1.165, 1.54) is 17.6 Å². The molecular formula is C16H23NO2. The highest BCUT2D eigenvalue weighted by Gasteiger charge is 2.28. The van der Waals surface area contributed by atoms with Gasteiger partial charge in [0.1, 0.15) is 11.5 Å². The summed E-state index contributed by atoms with van der Waals surface area (Å²) < 4.78 is 10.8. The van der Waals surface area contributed by atoms with E-state index in [9.17, 15) is 0 Å². The van der Waals surface area contributed by atoms with Crippen LogP contribution in [0.2, 0.25) is 0 Å². The van der Waals surface area contributed by atoms with Crippen LogP contribution in [0.1, 0.15) is 31.4 Å². The van der Waals surface area contributed by atoms with Crippen LogP contribution in [0.5, 0.6) is 11.5 Å². The number of hydrogen-bond acceptors (Lipinski definition) is 3. The molecule has 1 aliphatic rings. The van der Waals surface area contributed by atoms with Crippen molar-refractivity contribution >= 4 is 0 Å². The van der Waals surface area contributed by atoms with E-state index in [0.717, 1.165) is 31.0 Å². The minimum Gasteiger partial charge on any atom is -0.497 e. The van der Waals surface area contributed by atoms with E-state index in [1.807, 2.05) is 12.1 Å². The monoisotopic (exact) mass is 261 g/mol. The van der Waals surface area contributed by atoms with Crippen molar-refractivity contribution in [2.45, 2.75) is 25.8 Å². The first kappa shape index (κ1) is 13.9. The molecule has 2 rings (SSSR count). The zero-order valence-electron chi connectivity index (χ0n) is 12.1. The predicted molar refractivity (Wildman–Crippen MR) is 77.9 cm³/mol. The number of nitrogens with zero attached hydrogens (tertiary/aromatic N) is 1. The molecule has 0 saturated carbocycles. The lowest BCUT2D eigenvalue weighted by Gasteiger charge is -2.26. The summed E-state index contributed by atoms with van der Waals surface area (Å²) in [6.07, 6.45) is 2.38. The standard InChI is InChI=1S/C16H23NO2/c1-12(2)11-17-9-5-6-15(17)14-10-13(18-3)7-8-16(14)19-4/h7-8,10,15H,1,5-6,9,11H2,2-4H3. The number of methoxy groups -OCH3 is 2. The van der Waals surface area contributed by atoms with Crippen LogP contribution < -0.4 is 9.47 Å². The van der Waals surface area contributed by atoms with Gasteiger partial charge in [0.25, 0.3) is 0 Å². The molecule has 0 bridgehead atoms. The summed E-state index contributed by atoms with van der Waals surface area (Å²) in [6, 6.07) is 6.44. The molecule has 1 unspecified atom stereocenters. The molecule has 0 radical (unpaired) electrons. The highest BCUT2D eigenvalue weighted by Crippen LogP contribution is 2.38. The van der Waals surface area contributed by atoms with E-state index in [4.69, 9.17) is 9.47 Å². The fourth-order valence-electron chi connectivity index (χ4n) is 2.81. The number of rotatable bonds is 5. The molecule has 1 saturated heterocycles. The molecule has 1 aromatic rings. The molecular weight excluding hydrogens is 238 g/mol. The largest absolute Gasteiger partial charge is 0.497 e. The summed E-state index contributed by atoms with van der Waals surface area (Å²) in [5.74, 6) is 1.83. The first-order valence-corrected chi connectivity index (χ1v) is 6.76. The Labute approximate surface area is 115 Å². The summed E-state index contributed by atoms with van der Waals surface area (Å²) in [5.41, 5.74) is 2.43. The number of benzene rings is 1. The van der Waals surface area contributed by atoms with Gasteiger partial charge in [0.05, 0.1) is 14.2 Å². The Kier molecular flexibility index (Phi) is 4.48. The van der Waals surface area contributed by atoms with Crippen molar-refractivity contribution in [3.05, 3.63) is 35.9 Å². The predicted octanol–water partition coefficient (Wildman–Crippen LogP) is 3.42. The van der Waals surface area contributed by atoms with Crippen LogP contribution in [0.25, 0.3) is 0 Å². The normalized spacial score (nSPS) is 19.4. The van der Waals surface area contributed by atoms with E-state index in [0.29, 0.717) is 6.04 Å². The van der Waals surface area contributed by atoms with Gasteiger partial charge in [-0.15, -0.1) is 0 Å². The Bertz CT molecular complexity index is 456. The summed E-state index contributed by atoms with van der Waals surface area (Å²) in [6.45, 7) is 8.18. The second kappa shape index (κ2) is 6.11. The molecule has 0 amide bonds. The van der Waals surface area contributed by atoms with Gasteiger partial charge in [-0.1, -0.05) is 12.2 Å². The van der Waals surface area contributed by atoms with Crippen LogP contribution in [-0.2, 0) is 0 Å². The van der Waals surface area contributed by atoms with Gasteiger partial charge in [0, 0.05) is 18.2 Å². The fraction of sp³-hybridized carbons (Fsp3) is 0.500. The van der Waals surface area contributed by atoms with Crippen molar-refractivity contribution in [1.29, 1.82) is 0 Å². The van der Waals surface area contributed by atoms with Crippen LogP contribution in [0.4, 0.5) is 0 Å².